The molecule has 2 heterocycles. The maximum atomic E-state index is 13.5. The molecule has 2 atom stereocenters. The molecule has 0 saturated heterocycles. The van der Waals surface area contributed by atoms with E-state index in [1.165, 1.54) is 4.90 Å². The molecule has 3 aliphatic rings. The number of hydrogen-bond donors (Lipinski definition) is 0. The lowest BCUT2D eigenvalue weighted by molar-refractivity contribution is -0.107. The molecule has 0 aromatic heterocycles. The fourth-order valence-electron chi connectivity index (χ4n) is 4.24. The number of nitrogens with zero attached hydrogens (tertiary/aromatic N) is 1. The van der Waals surface area contributed by atoms with Crippen molar-refractivity contribution in [2.24, 2.45) is 5.92 Å². The molecule has 0 N–H and O–H groups in total. The van der Waals surface area contributed by atoms with E-state index in [-0.39, 0.29) is 13.0 Å². The van der Waals surface area contributed by atoms with Crippen LogP contribution < -0.4 is 19.1 Å². The fraction of sp³-hybridized carbons (Fsp3) is 0.409. The van der Waals surface area contributed by atoms with Gasteiger partial charge < -0.3 is 19.1 Å². The number of carbonyl (C=O) groups excluding carboxylic acids is 1. The Bertz CT molecular complexity index is 979. The van der Waals surface area contributed by atoms with Gasteiger partial charge in [0, 0.05) is 36.2 Å². The summed E-state index contributed by atoms with van der Waals surface area (Å²) in [5.41, 5.74) is 1.84. The highest BCUT2D eigenvalue weighted by molar-refractivity contribution is 5.79. The molecule has 5 nitrogen and oxygen atoms in total. The van der Waals surface area contributed by atoms with Gasteiger partial charge in [0.15, 0.2) is 11.5 Å². The molecule has 1 amide bonds. The van der Waals surface area contributed by atoms with Crippen LogP contribution in [0.3, 0.4) is 0 Å². The van der Waals surface area contributed by atoms with Gasteiger partial charge in [-0.15, -0.1) is 0 Å². The SMILES string of the molecule is CC1(c2ccccc2N(C=O)CC2CC2(F)F)COc2cc3c(cc21)OCCO3. The van der Waals surface area contributed by atoms with Crippen LogP contribution in [0.1, 0.15) is 24.5 Å². The van der Waals surface area contributed by atoms with E-state index in [9.17, 15) is 13.6 Å². The maximum Gasteiger partial charge on any atom is 0.253 e. The molecule has 1 aliphatic carbocycles. The average Bonchev–Trinajstić information content (AvgIpc) is 3.21. The number of rotatable bonds is 5. The van der Waals surface area contributed by atoms with E-state index in [4.69, 9.17) is 14.2 Å². The van der Waals surface area contributed by atoms with Crippen LogP contribution >= 0.6 is 0 Å². The number of anilines is 1. The number of amides is 1. The fourth-order valence-corrected chi connectivity index (χ4v) is 4.24. The van der Waals surface area contributed by atoms with Crippen LogP contribution in [0.4, 0.5) is 14.5 Å². The van der Waals surface area contributed by atoms with Gasteiger partial charge in [-0.05, 0) is 24.6 Å². The highest BCUT2D eigenvalue weighted by Crippen LogP contribution is 2.52. The predicted molar refractivity (Wildman–Crippen MR) is 102 cm³/mol. The third-order valence-electron chi connectivity index (χ3n) is 6.06. The smallest absolute Gasteiger partial charge is 0.253 e. The van der Waals surface area contributed by atoms with Crippen molar-refractivity contribution in [3.8, 4) is 17.2 Å². The maximum absolute atomic E-state index is 13.5. The summed E-state index contributed by atoms with van der Waals surface area (Å²) in [4.78, 5) is 13.2. The Balaban J connectivity index is 1.55. The second-order valence-electron chi connectivity index (χ2n) is 8.05. The van der Waals surface area contributed by atoms with Crippen molar-refractivity contribution in [2.45, 2.75) is 24.7 Å². The normalized spacial score (nSPS) is 25.7. The van der Waals surface area contributed by atoms with Crippen LogP contribution in [0.15, 0.2) is 36.4 Å². The van der Waals surface area contributed by atoms with Crippen LogP contribution in [-0.4, -0.2) is 38.7 Å². The van der Waals surface area contributed by atoms with E-state index in [1.807, 2.05) is 37.3 Å². The summed E-state index contributed by atoms with van der Waals surface area (Å²) in [6, 6.07) is 11.2. The molecule has 5 rings (SSSR count). The van der Waals surface area contributed by atoms with Gasteiger partial charge in [0.25, 0.3) is 5.92 Å². The number of alkyl halides is 2. The Morgan fingerprint density at radius 2 is 1.76 bits per heavy atom. The molecule has 7 heteroatoms. The molecular weight excluding hydrogens is 380 g/mol. The standard InChI is InChI=1S/C22H21F2NO4/c1-21(12-29-18-9-20-19(8-16(18)21)27-6-7-28-20)15-4-2-3-5-17(15)25(13-26)11-14-10-22(14,23)24/h2-5,8-9,13-14H,6-7,10-12H2,1H3. The van der Waals surface area contributed by atoms with Crippen molar-refractivity contribution in [1.82, 2.24) is 0 Å². The van der Waals surface area contributed by atoms with Crippen LogP contribution in [-0.2, 0) is 10.2 Å². The molecule has 0 bridgehead atoms. The first-order chi connectivity index (χ1) is 13.9. The van der Waals surface area contributed by atoms with Gasteiger partial charge in [-0.3, -0.25) is 4.79 Å². The highest BCUT2D eigenvalue weighted by Gasteiger charge is 2.57. The lowest BCUT2D eigenvalue weighted by atomic mass is 9.77. The lowest BCUT2D eigenvalue weighted by Crippen LogP contribution is -2.32. The second kappa shape index (κ2) is 6.34. The van der Waals surface area contributed by atoms with Crippen molar-refractivity contribution in [1.29, 1.82) is 0 Å². The quantitative estimate of drug-likeness (QED) is 0.716. The number of ether oxygens (including phenoxy) is 3. The Labute approximate surface area is 167 Å². The minimum Gasteiger partial charge on any atom is -0.492 e. The zero-order valence-electron chi connectivity index (χ0n) is 16.0. The Morgan fingerprint density at radius 3 is 2.45 bits per heavy atom. The highest BCUT2D eigenvalue weighted by atomic mass is 19.3. The molecule has 1 saturated carbocycles. The van der Waals surface area contributed by atoms with Gasteiger partial charge in [0.2, 0.25) is 6.41 Å². The predicted octanol–water partition coefficient (Wildman–Crippen LogP) is 3.77. The zero-order valence-corrected chi connectivity index (χ0v) is 16.0. The van der Waals surface area contributed by atoms with Crippen LogP contribution in [0.5, 0.6) is 17.2 Å². The first-order valence-corrected chi connectivity index (χ1v) is 9.68. The first-order valence-electron chi connectivity index (χ1n) is 9.68. The van der Waals surface area contributed by atoms with Crippen molar-refractivity contribution >= 4 is 12.1 Å². The Morgan fingerprint density at radius 1 is 1.07 bits per heavy atom. The summed E-state index contributed by atoms with van der Waals surface area (Å²) in [6.45, 7) is 3.37. The molecule has 2 aromatic rings. The minimum atomic E-state index is -2.68. The van der Waals surface area contributed by atoms with Gasteiger partial charge >= 0.3 is 0 Å². The number of para-hydroxylation sites is 1. The molecule has 1 fully saturated rings. The van der Waals surface area contributed by atoms with Gasteiger partial charge in [0.05, 0.1) is 5.41 Å². The van der Waals surface area contributed by atoms with Gasteiger partial charge in [0.1, 0.15) is 25.6 Å². The Hall–Kier alpha value is -2.83. The van der Waals surface area contributed by atoms with Crippen molar-refractivity contribution in [3.63, 3.8) is 0 Å². The number of carbonyl (C=O) groups is 1. The summed E-state index contributed by atoms with van der Waals surface area (Å²) in [6.07, 6.45) is 0.462. The molecular formula is C22H21F2NO4. The number of benzene rings is 2. The molecule has 0 radical (unpaired) electrons. The van der Waals surface area contributed by atoms with E-state index in [1.54, 1.807) is 6.07 Å². The van der Waals surface area contributed by atoms with E-state index in [0.29, 0.717) is 49.2 Å². The van der Waals surface area contributed by atoms with E-state index in [2.05, 4.69) is 0 Å². The van der Waals surface area contributed by atoms with Gasteiger partial charge in [-0.1, -0.05) is 18.2 Å². The Kier molecular flexibility index (Phi) is 3.98. The molecule has 2 unspecified atom stereocenters. The summed E-state index contributed by atoms with van der Waals surface area (Å²) in [5, 5.41) is 0. The zero-order chi connectivity index (χ0) is 20.2. The van der Waals surface area contributed by atoms with Crippen molar-refractivity contribution in [3.05, 3.63) is 47.5 Å². The third-order valence-corrected chi connectivity index (χ3v) is 6.06. The summed E-state index contributed by atoms with van der Waals surface area (Å²) < 4.78 is 44.2. The first kappa shape index (κ1) is 18.2. The van der Waals surface area contributed by atoms with Crippen LogP contribution in [0, 0.1) is 5.92 Å². The number of hydrogen-bond acceptors (Lipinski definition) is 4. The minimum absolute atomic E-state index is 0.00154. The topological polar surface area (TPSA) is 48.0 Å². The van der Waals surface area contributed by atoms with Gasteiger partial charge in [-0.2, -0.15) is 0 Å². The van der Waals surface area contributed by atoms with Crippen molar-refractivity contribution in [2.75, 3.05) is 31.3 Å². The largest absolute Gasteiger partial charge is 0.492 e. The molecule has 0 spiro atoms. The van der Waals surface area contributed by atoms with Gasteiger partial charge in [-0.25, -0.2) is 8.78 Å². The lowest BCUT2D eigenvalue weighted by Gasteiger charge is -2.30. The summed E-state index contributed by atoms with van der Waals surface area (Å²) in [5.74, 6) is -1.46. The summed E-state index contributed by atoms with van der Waals surface area (Å²) >= 11 is 0. The van der Waals surface area contributed by atoms with E-state index in [0.717, 1.165) is 11.1 Å². The monoisotopic (exact) mass is 401 g/mol. The molecule has 29 heavy (non-hydrogen) atoms. The van der Waals surface area contributed by atoms with Crippen LogP contribution in [0.2, 0.25) is 0 Å². The molecule has 2 aromatic carbocycles. The number of halogens is 2. The van der Waals surface area contributed by atoms with Crippen LogP contribution in [0.25, 0.3) is 0 Å². The molecule has 152 valence electrons. The molecule has 2 aliphatic heterocycles. The van der Waals surface area contributed by atoms with E-state index >= 15 is 0 Å². The van der Waals surface area contributed by atoms with E-state index < -0.39 is 17.3 Å². The van der Waals surface area contributed by atoms with Crippen molar-refractivity contribution < 1.29 is 27.8 Å². The third kappa shape index (κ3) is 2.91. The summed E-state index contributed by atoms with van der Waals surface area (Å²) in [7, 11) is 0. The second-order valence-corrected chi connectivity index (χ2v) is 8.05. The average molecular weight is 401 g/mol. The number of fused-ring (bicyclic) bond motifs is 2.